The van der Waals surface area contributed by atoms with Crippen LogP contribution in [0.5, 0.6) is 5.88 Å². The highest BCUT2D eigenvalue weighted by molar-refractivity contribution is 7.99. The van der Waals surface area contributed by atoms with Crippen LogP contribution in [0.3, 0.4) is 0 Å². The van der Waals surface area contributed by atoms with E-state index in [0.29, 0.717) is 11.6 Å². The molecule has 0 unspecified atom stereocenters. The van der Waals surface area contributed by atoms with Gasteiger partial charge in [0.25, 0.3) is 0 Å². The first kappa shape index (κ1) is 12.8. The van der Waals surface area contributed by atoms with Crippen molar-refractivity contribution in [3.05, 3.63) is 36.0 Å². The fraction of sp³-hybridized carbons (Fsp3) is 0.250. The molecule has 96 valence electrons. The number of aryl methyl sites for hydroxylation is 1. The zero-order valence-electron chi connectivity index (χ0n) is 9.97. The van der Waals surface area contributed by atoms with E-state index >= 15 is 0 Å². The summed E-state index contributed by atoms with van der Waals surface area (Å²) in [6.45, 7) is 0.284. The van der Waals surface area contributed by atoms with Crippen LogP contribution in [0.1, 0.15) is 5.56 Å². The first-order valence-electron chi connectivity index (χ1n) is 5.39. The minimum atomic E-state index is -0.486. The van der Waals surface area contributed by atoms with Gasteiger partial charge in [0.05, 0.1) is 0 Å². The molecule has 4 nitrogen and oxygen atoms in total. The number of aromatic nitrogens is 2. The molecule has 0 amide bonds. The molecule has 0 aliphatic carbocycles. The van der Waals surface area contributed by atoms with Gasteiger partial charge in [-0.2, -0.15) is 0 Å². The Kier molecular flexibility index (Phi) is 4.09. The maximum Gasteiger partial charge on any atom is 0.233 e. The second kappa shape index (κ2) is 5.77. The summed E-state index contributed by atoms with van der Waals surface area (Å²) in [6.07, 6.45) is 1.79. The smallest absolute Gasteiger partial charge is 0.233 e. The second-order valence-corrected chi connectivity index (χ2v) is 4.64. The lowest BCUT2D eigenvalue weighted by atomic mass is 10.2. The Hall–Kier alpha value is -1.69. The van der Waals surface area contributed by atoms with Crippen LogP contribution < -0.4 is 10.5 Å². The van der Waals surface area contributed by atoms with Crippen molar-refractivity contribution >= 4 is 17.4 Å². The molecule has 0 aliphatic heterocycles. The summed E-state index contributed by atoms with van der Waals surface area (Å²) in [5.74, 6) is 0.525. The molecule has 0 saturated carbocycles. The number of thioether (sulfide) groups is 1. The lowest BCUT2D eigenvalue weighted by Crippen LogP contribution is -2.03. The third-order valence-corrected chi connectivity index (χ3v) is 3.24. The lowest BCUT2D eigenvalue weighted by Gasteiger charge is -2.10. The average Bonchev–Trinajstić information content (AvgIpc) is 2.75. The highest BCUT2D eigenvalue weighted by atomic mass is 32.2. The summed E-state index contributed by atoms with van der Waals surface area (Å²) < 4.78 is 19.6. The lowest BCUT2D eigenvalue weighted by molar-refractivity contribution is 0.289. The minimum absolute atomic E-state index is 0.284. The monoisotopic (exact) mass is 267 g/mol. The van der Waals surface area contributed by atoms with E-state index in [9.17, 15) is 4.39 Å². The Balaban J connectivity index is 2.12. The van der Waals surface area contributed by atoms with Gasteiger partial charge in [-0.25, -0.2) is 4.39 Å². The first-order valence-corrected chi connectivity index (χ1v) is 6.38. The molecule has 0 bridgehead atoms. The summed E-state index contributed by atoms with van der Waals surface area (Å²) in [5, 5.41) is 4.10. The third-order valence-electron chi connectivity index (χ3n) is 2.43. The summed E-state index contributed by atoms with van der Waals surface area (Å²) in [4.78, 5) is 0.799. The molecule has 0 saturated heterocycles. The number of nitrogens with two attached hydrogens (primary N) is 1. The Morgan fingerprint density at radius 3 is 2.94 bits per heavy atom. The molecular weight excluding hydrogens is 253 g/mol. The molecule has 2 aromatic rings. The minimum Gasteiger partial charge on any atom is -0.472 e. The molecule has 1 aromatic heterocycles. The van der Waals surface area contributed by atoms with Gasteiger partial charge < -0.3 is 10.5 Å². The molecule has 1 aromatic carbocycles. The zero-order chi connectivity index (χ0) is 13.0. The van der Waals surface area contributed by atoms with Gasteiger partial charge in [0.2, 0.25) is 5.88 Å². The van der Waals surface area contributed by atoms with Crippen LogP contribution in [0.25, 0.3) is 0 Å². The number of ether oxygens (including phenoxy) is 1. The van der Waals surface area contributed by atoms with Crippen molar-refractivity contribution in [2.24, 2.45) is 7.05 Å². The zero-order valence-corrected chi connectivity index (χ0v) is 10.8. The third kappa shape index (κ3) is 2.95. The molecule has 0 atom stereocenters. The summed E-state index contributed by atoms with van der Waals surface area (Å²) in [7, 11) is 1.81. The number of nitrogens with zero attached hydrogens (tertiary/aromatic N) is 2. The fourth-order valence-electron chi connectivity index (χ4n) is 1.55. The Morgan fingerprint density at radius 1 is 1.44 bits per heavy atom. The predicted molar refractivity (Wildman–Crippen MR) is 70.2 cm³/mol. The molecule has 18 heavy (non-hydrogen) atoms. The molecule has 0 radical (unpaired) electrons. The van der Waals surface area contributed by atoms with Crippen molar-refractivity contribution in [3.63, 3.8) is 0 Å². The van der Waals surface area contributed by atoms with Crippen LogP contribution in [0.15, 0.2) is 35.4 Å². The van der Waals surface area contributed by atoms with Gasteiger partial charge >= 0.3 is 0 Å². The highest BCUT2D eigenvalue weighted by Gasteiger charge is 2.08. The number of nitrogen functional groups attached to an aromatic ring is 1. The van der Waals surface area contributed by atoms with Crippen LogP contribution in [0, 0.1) is 0 Å². The number of anilines is 1. The number of rotatable bonds is 5. The van der Waals surface area contributed by atoms with Crippen LogP contribution in [-0.2, 0) is 13.7 Å². The maximum atomic E-state index is 12.4. The van der Waals surface area contributed by atoms with Gasteiger partial charge in [-0.1, -0.05) is 17.8 Å². The molecule has 1 heterocycles. The van der Waals surface area contributed by atoms with Crippen molar-refractivity contribution in [1.82, 2.24) is 9.78 Å². The van der Waals surface area contributed by atoms with E-state index in [1.54, 1.807) is 29.1 Å². The average molecular weight is 267 g/mol. The van der Waals surface area contributed by atoms with Crippen LogP contribution in [0.4, 0.5) is 10.1 Å². The normalized spacial score (nSPS) is 10.6. The summed E-state index contributed by atoms with van der Waals surface area (Å²) in [6, 6.07) is 6.69. The maximum absolute atomic E-state index is 12.4. The van der Waals surface area contributed by atoms with Crippen LogP contribution in [-0.4, -0.2) is 15.8 Å². The number of benzene rings is 1. The topological polar surface area (TPSA) is 53.1 Å². The van der Waals surface area contributed by atoms with Gasteiger partial charge in [-0.3, -0.25) is 4.68 Å². The number of alkyl halides is 1. The van der Waals surface area contributed by atoms with E-state index in [0.717, 1.165) is 22.2 Å². The van der Waals surface area contributed by atoms with Crippen molar-refractivity contribution in [3.8, 4) is 5.88 Å². The van der Waals surface area contributed by atoms with E-state index in [2.05, 4.69) is 5.10 Å². The standard InChI is InChI=1S/C12H14FN3OS/c1-16-6-5-12(15-16)17-7-9-10(14)3-2-4-11(9)18-8-13/h2-6H,7-8,14H2,1H3. The summed E-state index contributed by atoms with van der Waals surface area (Å²) >= 11 is 1.10. The number of hydrogen-bond acceptors (Lipinski definition) is 4. The van der Waals surface area contributed by atoms with Crippen molar-refractivity contribution in [1.29, 1.82) is 0 Å². The Labute approximate surface area is 109 Å². The molecule has 2 rings (SSSR count). The fourth-order valence-corrected chi connectivity index (χ4v) is 2.19. The second-order valence-electron chi connectivity index (χ2n) is 3.69. The molecule has 2 N–H and O–H groups in total. The van der Waals surface area contributed by atoms with E-state index < -0.39 is 6.01 Å². The highest BCUT2D eigenvalue weighted by Crippen LogP contribution is 2.28. The van der Waals surface area contributed by atoms with Crippen LogP contribution in [0.2, 0.25) is 0 Å². The van der Waals surface area contributed by atoms with Gasteiger partial charge in [-0.15, -0.1) is 5.10 Å². The van der Waals surface area contributed by atoms with Crippen molar-refractivity contribution in [2.75, 3.05) is 11.7 Å². The van der Waals surface area contributed by atoms with Crippen LogP contribution >= 0.6 is 11.8 Å². The van der Waals surface area contributed by atoms with E-state index in [-0.39, 0.29) is 6.61 Å². The molecule has 6 heteroatoms. The van der Waals surface area contributed by atoms with Gasteiger partial charge in [0.15, 0.2) is 0 Å². The summed E-state index contributed by atoms with van der Waals surface area (Å²) in [5.41, 5.74) is 7.28. The van der Waals surface area contributed by atoms with Crippen molar-refractivity contribution in [2.45, 2.75) is 11.5 Å². The molecule has 0 fully saturated rings. The van der Waals surface area contributed by atoms with E-state index in [1.807, 2.05) is 13.1 Å². The molecular formula is C12H14FN3OS. The number of hydrogen-bond donors (Lipinski definition) is 1. The van der Waals surface area contributed by atoms with Crippen molar-refractivity contribution < 1.29 is 9.13 Å². The van der Waals surface area contributed by atoms with Gasteiger partial charge in [-0.05, 0) is 12.1 Å². The predicted octanol–water partition coefficient (Wildman–Crippen LogP) is 2.60. The van der Waals surface area contributed by atoms with E-state index in [1.165, 1.54) is 0 Å². The Bertz CT molecular complexity index is 530. The molecule has 0 spiro atoms. The largest absolute Gasteiger partial charge is 0.472 e. The SMILES string of the molecule is Cn1ccc(OCc2c(N)cccc2SCF)n1. The van der Waals surface area contributed by atoms with Gasteiger partial charge in [0.1, 0.15) is 12.6 Å². The molecule has 0 aliphatic rings. The van der Waals surface area contributed by atoms with E-state index in [4.69, 9.17) is 10.5 Å². The Morgan fingerprint density at radius 2 is 2.28 bits per heavy atom. The first-order chi connectivity index (χ1) is 8.70. The quantitative estimate of drug-likeness (QED) is 0.668. The van der Waals surface area contributed by atoms with Gasteiger partial charge in [0, 0.05) is 35.5 Å². The number of halogens is 1.